The average molecular weight is 197 g/mol. The molecule has 0 radical (unpaired) electrons. The molecule has 1 aromatic rings. The lowest BCUT2D eigenvalue weighted by molar-refractivity contribution is 0.0229. The summed E-state index contributed by atoms with van der Waals surface area (Å²) in [4.78, 5) is 0. The maximum absolute atomic E-state index is 9.60. The highest BCUT2D eigenvalue weighted by Gasteiger charge is 2.20. The predicted octanol–water partition coefficient (Wildman–Crippen LogP) is 0.0536. The van der Waals surface area contributed by atoms with Gasteiger partial charge in [0.1, 0.15) is 11.9 Å². The van der Waals surface area contributed by atoms with Crippen LogP contribution in [0, 0.1) is 6.92 Å². The first-order chi connectivity index (χ1) is 6.57. The van der Waals surface area contributed by atoms with Crippen LogP contribution in [0.15, 0.2) is 18.2 Å². The van der Waals surface area contributed by atoms with Crippen molar-refractivity contribution < 1.29 is 15.3 Å². The third kappa shape index (κ3) is 2.04. The fourth-order valence-corrected chi connectivity index (χ4v) is 1.26. The van der Waals surface area contributed by atoms with Gasteiger partial charge in [-0.25, -0.2) is 0 Å². The van der Waals surface area contributed by atoms with E-state index >= 15 is 0 Å². The molecule has 2 atom stereocenters. The van der Waals surface area contributed by atoms with E-state index < -0.39 is 12.2 Å². The average Bonchev–Trinajstić information content (AvgIpc) is 2.20. The minimum Gasteiger partial charge on any atom is -0.507 e. The van der Waals surface area contributed by atoms with Crippen molar-refractivity contribution in [2.24, 2.45) is 5.73 Å². The molecule has 0 aliphatic rings. The number of nitrogens with two attached hydrogens (primary N) is 1. The van der Waals surface area contributed by atoms with Gasteiger partial charge in [0.25, 0.3) is 0 Å². The number of hydrogen-bond donors (Lipinski definition) is 4. The molecule has 78 valence electrons. The van der Waals surface area contributed by atoms with Crippen molar-refractivity contribution in [1.29, 1.82) is 0 Å². The number of aryl methyl sites for hydroxylation is 1. The quantitative estimate of drug-likeness (QED) is 0.551. The highest BCUT2D eigenvalue weighted by atomic mass is 16.3. The summed E-state index contributed by atoms with van der Waals surface area (Å²) in [7, 11) is 0. The van der Waals surface area contributed by atoms with Crippen LogP contribution in [0.3, 0.4) is 0 Å². The number of aliphatic hydroxyl groups excluding tert-OH is 2. The molecule has 4 heteroatoms. The van der Waals surface area contributed by atoms with Crippen molar-refractivity contribution >= 4 is 0 Å². The number of para-hydroxylation sites is 1. The van der Waals surface area contributed by atoms with Crippen LogP contribution in [0.1, 0.15) is 17.2 Å². The molecule has 1 aromatic carbocycles. The summed E-state index contributed by atoms with van der Waals surface area (Å²) in [6.45, 7) is 1.68. The number of aromatic hydroxyl groups is 1. The first-order valence-corrected chi connectivity index (χ1v) is 4.42. The highest BCUT2D eigenvalue weighted by Crippen LogP contribution is 2.28. The molecule has 14 heavy (non-hydrogen) atoms. The monoisotopic (exact) mass is 197 g/mol. The van der Waals surface area contributed by atoms with E-state index in [1.165, 1.54) is 0 Å². The van der Waals surface area contributed by atoms with E-state index in [4.69, 9.17) is 5.73 Å². The van der Waals surface area contributed by atoms with Crippen LogP contribution in [0.4, 0.5) is 0 Å². The lowest BCUT2D eigenvalue weighted by Gasteiger charge is -2.18. The topological polar surface area (TPSA) is 86.7 Å². The fraction of sp³-hybridized carbons (Fsp3) is 0.400. The first kappa shape index (κ1) is 11.0. The van der Waals surface area contributed by atoms with E-state index in [9.17, 15) is 15.3 Å². The van der Waals surface area contributed by atoms with Crippen molar-refractivity contribution in [2.45, 2.75) is 19.1 Å². The zero-order chi connectivity index (χ0) is 10.7. The van der Waals surface area contributed by atoms with Gasteiger partial charge < -0.3 is 21.1 Å². The van der Waals surface area contributed by atoms with Crippen molar-refractivity contribution in [3.05, 3.63) is 29.3 Å². The second-order valence-corrected chi connectivity index (χ2v) is 3.26. The van der Waals surface area contributed by atoms with Crippen molar-refractivity contribution in [3.63, 3.8) is 0 Å². The summed E-state index contributed by atoms with van der Waals surface area (Å²) in [6, 6.07) is 4.99. The number of aliphatic hydroxyl groups is 2. The molecule has 0 aliphatic heterocycles. The van der Waals surface area contributed by atoms with E-state index in [1.807, 2.05) is 0 Å². The van der Waals surface area contributed by atoms with Gasteiger partial charge in [0.05, 0.1) is 6.10 Å². The molecule has 0 heterocycles. The molecule has 0 amide bonds. The van der Waals surface area contributed by atoms with E-state index in [0.29, 0.717) is 11.1 Å². The molecule has 0 saturated carbocycles. The SMILES string of the molecule is Cc1cccc(C(O)C(O)CN)c1O. The van der Waals surface area contributed by atoms with Crippen LogP contribution in [-0.4, -0.2) is 28.0 Å². The predicted molar refractivity (Wildman–Crippen MR) is 52.9 cm³/mol. The molecular formula is C10H15NO3. The molecule has 0 bridgehead atoms. The smallest absolute Gasteiger partial charge is 0.124 e. The lowest BCUT2D eigenvalue weighted by atomic mass is 10.0. The zero-order valence-electron chi connectivity index (χ0n) is 8.01. The molecule has 2 unspecified atom stereocenters. The third-order valence-corrected chi connectivity index (χ3v) is 2.19. The van der Waals surface area contributed by atoms with Crippen molar-refractivity contribution in [1.82, 2.24) is 0 Å². The molecular weight excluding hydrogens is 182 g/mol. The second-order valence-electron chi connectivity index (χ2n) is 3.26. The Kier molecular flexibility index (Phi) is 3.46. The molecule has 1 rings (SSSR count). The molecule has 0 spiro atoms. The van der Waals surface area contributed by atoms with Gasteiger partial charge in [-0.3, -0.25) is 0 Å². The van der Waals surface area contributed by atoms with E-state index in [1.54, 1.807) is 25.1 Å². The molecule has 4 nitrogen and oxygen atoms in total. The van der Waals surface area contributed by atoms with Crippen molar-refractivity contribution in [3.8, 4) is 5.75 Å². The summed E-state index contributed by atoms with van der Waals surface area (Å²) in [5.74, 6) is 0.00694. The van der Waals surface area contributed by atoms with Crippen LogP contribution in [0.25, 0.3) is 0 Å². The Balaban J connectivity index is 3.01. The normalized spacial score (nSPS) is 15.1. The molecule has 0 saturated heterocycles. The van der Waals surface area contributed by atoms with Crippen LogP contribution in [0.2, 0.25) is 0 Å². The molecule has 0 aliphatic carbocycles. The minimum absolute atomic E-state index is 0.00694. The molecule has 0 fully saturated rings. The van der Waals surface area contributed by atoms with E-state index in [0.717, 1.165) is 0 Å². The number of rotatable bonds is 3. The van der Waals surface area contributed by atoms with Gasteiger partial charge in [0.15, 0.2) is 0 Å². The van der Waals surface area contributed by atoms with Gasteiger partial charge in [-0.2, -0.15) is 0 Å². The standard InChI is InChI=1S/C10H15NO3/c1-6-3-2-4-7(9(6)13)10(14)8(12)5-11/h2-4,8,10,12-14H,5,11H2,1H3. The van der Waals surface area contributed by atoms with Crippen LogP contribution in [-0.2, 0) is 0 Å². The van der Waals surface area contributed by atoms with Gasteiger partial charge >= 0.3 is 0 Å². The number of phenols is 1. The highest BCUT2D eigenvalue weighted by molar-refractivity contribution is 5.41. The number of phenolic OH excluding ortho intramolecular Hbond substituents is 1. The Morgan fingerprint density at radius 3 is 2.57 bits per heavy atom. The Hall–Kier alpha value is -1.10. The van der Waals surface area contributed by atoms with Gasteiger partial charge in [0, 0.05) is 12.1 Å². The van der Waals surface area contributed by atoms with E-state index in [2.05, 4.69) is 0 Å². The van der Waals surface area contributed by atoms with Gasteiger partial charge in [-0.05, 0) is 12.5 Å². The van der Waals surface area contributed by atoms with Crippen molar-refractivity contribution in [2.75, 3.05) is 6.54 Å². The lowest BCUT2D eigenvalue weighted by Crippen LogP contribution is -2.27. The van der Waals surface area contributed by atoms with Gasteiger partial charge in [-0.15, -0.1) is 0 Å². The Morgan fingerprint density at radius 2 is 2.00 bits per heavy atom. The Morgan fingerprint density at radius 1 is 1.36 bits per heavy atom. The second kappa shape index (κ2) is 4.41. The molecule has 5 N–H and O–H groups in total. The molecule has 0 aromatic heterocycles. The summed E-state index contributed by atoms with van der Waals surface area (Å²) >= 11 is 0. The van der Waals surface area contributed by atoms with Crippen LogP contribution in [0.5, 0.6) is 5.75 Å². The van der Waals surface area contributed by atoms with Crippen LogP contribution >= 0.6 is 0 Å². The summed E-state index contributed by atoms with van der Waals surface area (Å²) in [5.41, 5.74) is 6.17. The minimum atomic E-state index is -1.14. The Bertz CT molecular complexity index is 314. The summed E-state index contributed by atoms with van der Waals surface area (Å²) in [6.07, 6.45) is -2.19. The summed E-state index contributed by atoms with van der Waals surface area (Å²) < 4.78 is 0. The van der Waals surface area contributed by atoms with Gasteiger partial charge in [-0.1, -0.05) is 18.2 Å². The largest absolute Gasteiger partial charge is 0.507 e. The maximum Gasteiger partial charge on any atom is 0.124 e. The number of hydrogen-bond acceptors (Lipinski definition) is 4. The van der Waals surface area contributed by atoms with Crippen LogP contribution < -0.4 is 5.73 Å². The Labute approximate surface area is 82.6 Å². The maximum atomic E-state index is 9.60. The van der Waals surface area contributed by atoms with Gasteiger partial charge in [0.2, 0.25) is 0 Å². The zero-order valence-corrected chi connectivity index (χ0v) is 8.01. The summed E-state index contributed by atoms with van der Waals surface area (Å²) in [5, 5.41) is 28.5. The first-order valence-electron chi connectivity index (χ1n) is 4.42. The van der Waals surface area contributed by atoms with E-state index in [-0.39, 0.29) is 12.3 Å². The number of benzene rings is 1. The fourth-order valence-electron chi connectivity index (χ4n) is 1.26. The third-order valence-electron chi connectivity index (χ3n) is 2.19.